The zero-order chi connectivity index (χ0) is 22.2. The number of benzene rings is 1. The molecule has 0 spiro atoms. The highest BCUT2D eigenvalue weighted by Gasteiger charge is 2.49. The number of nitriles is 1. The molecule has 158 valence electrons. The summed E-state index contributed by atoms with van der Waals surface area (Å²) in [6.07, 6.45) is 3.34. The van der Waals surface area contributed by atoms with Crippen LogP contribution in [0.1, 0.15) is 51.7 Å². The summed E-state index contributed by atoms with van der Waals surface area (Å²) in [7, 11) is 0. The van der Waals surface area contributed by atoms with Gasteiger partial charge in [0.25, 0.3) is 11.8 Å². The summed E-state index contributed by atoms with van der Waals surface area (Å²) in [4.78, 5) is 56.1. The lowest BCUT2D eigenvalue weighted by Gasteiger charge is -2.22. The first-order valence-electron chi connectivity index (χ1n) is 9.99. The predicted octanol–water partition coefficient (Wildman–Crippen LogP) is 1.77. The molecule has 9 nitrogen and oxygen atoms in total. The lowest BCUT2D eigenvalue weighted by Crippen LogP contribution is -2.41. The molecule has 4 amide bonds. The predicted molar refractivity (Wildman–Crippen MR) is 109 cm³/mol. The molecule has 1 atom stereocenters. The maximum Gasteiger partial charge on any atom is 0.325 e. The highest BCUT2D eigenvalue weighted by molar-refractivity contribution is 6.11. The molecule has 31 heavy (non-hydrogen) atoms. The highest BCUT2D eigenvalue weighted by Crippen LogP contribution is 2.29. The van der Waals surface area contributed by atoms with Crippen molar-refractivity contribution in [3.63, 3.8) is 0 Å². The van der Waals surface area contributed by atoms with Crippen molar-refractivity contribution >= 4 is 23.6 Å². The fraction of sp³-hybridized carbons (Fsp3) is 0.318. The molecule has 0 radical (unpaired) electrons. The van der Waals surface area contributed by atoms with E-state index in [9.17, 15) is 19.2 Å². The Morgan fingerprint density at radius 3 is 2.48 bits per heavy atom. The van der Waals surface area contributed by atoms with Crippen LogP contribution in [0.25, 0.3) is 0 Å². The zero-order valence-corrected chi connectivity index (χ0v) is 17.0. The van der Waals surface area contributed by atoms with E-state index in [0.29, 0.717) is 29.9 Å². The van der Waals surface area contributed by atoms with Gasteiger partial charge in [-0.25, -0.2) is 4.79 Å². The van der Waals surface area contributed by atoms with Crippen molar-refractivity contribution in [2.45, 2.75) is 25.3 Å². The van der Waals surface area contributed by atoms with E-state index in [4.69, 9.17) is 5.26 Å². The van der Waals surface area contributed by atoms with Gasteiger partial charge in [-0.3, -0.25) is 19.3 Å². The van der Waals surface area contributed by atoms with Crippen molar-refractivity contribution in [2.75, 3.05) is 19.6 Å². The number of Topliss-reactive ketones (excluding diaryl/α,β-unsaturated/α-hetero) is 1. The zero-order valence-electron chi connectivity index (χ0n) is 17.0. The summed E-state index contributed by atoms with van der Waals surface area (Å²) in [5.74, 6) is -1.18. The van der Waals surface area contributed by atoms with Gasteiger partial charge in [0.05, 0.1) is 18.2 Å². The maximum atomic E-state index is 13.0. The molecule has 4 rings (SSSR count). The van der Waals surface area contributed by atoms with Crippen molar-refractivity contribution in [1.29, 1.82) is 5.26 Å². The number of ketones is 1. The third-order valence-corrected chi connectivity index (χ3v) is 5.80. The minimum Gasteiger partial charge on any atom is -0.356 e. The number of carbonyl (C=O) groups is 4. The van der Waals surface area contributed by atoms with Gasteiger partial charge in [-0.15, -0.1) is 0 Å². The molecule has 1 unspecified atom stereocenters. The van der Waals surface area contributed by atoms with Gasteiger partial charge in [-0.2, -0.15) is 5.26 Å². The van der Waals surface area contributed by atoms with Gasteiger partial charge in [-0.1, -0.05) is 12.1 Å². The number of nitrogens with one attached hydrogen (secondary N) is 2. The van der Waals surface area contributed by atoms with Crippen LogP contribution in [0.2, 0.25) is 0 Å². The number of likely N-dealkylation sites (tertiary alicyclic amines) is 1. The molecular formula is C22H21N5O4. The molecule has 0 saturated carbocycles. The number of nitrogens with zero attached hydrogens (tertiary/aromatic N) is 3. The number of carbonyl (C=O) groups excluding carboxylic acids is 4. The summed E-state index contributed by atoms with van der Waals surface area (Å²) in [5.41, 5.74) is 0.156. The molecule has 2 saturated heterocycles. The fourth-order valence-corrected chi connectivity index (χ4v) is 3.92. The van der Waals surface area contributed by atoms with Crippen molar-refractivity contribution in [3.05, 3.63) is 58.9 Å². The average Bonchev–Trinajstić information content (AvgIpc) is 3.52. The Bertz CT molecular complexity index is 1110. The van der Waals surface area contributed by atoms with Crippen LogP contribution in [-0.2, 0) is 10.3 Å². The second-order valence-corrected chi connectivity index (χ2v) is 7.86. The van der Waals surface area contributed by atoms with E-state index in [1.807, 2.05) is 6.07 Å². The van der Waals surface area contributed by atoms with Crippen LogP contribution in [0.4, 0.5) is 4.79 Å². The van der Waals surface area contributed by atoms with Gasteiger partial charge >= 0.3 is 6.03 Å². The lowest BCUT2D eigenvalue weighted by atomic mass is 9.91. The molecule has 9 heteroatoms. The van der Waals surface area contributed by atoms with E-state index in [1.54, 1.807) is 36.1 Å². The number of urea groups is 1. The number of H-pyrrole nitrogens is 1. The number of aromatic nitrogens is 1. The van der Waals surface area contributed by atoms with Gasteiger partial charge in [0.1, 0.15) is 11.2 Å². The van der Waals surface area contributed by atoms with E-state index < -0.39 is 29.8 Å². The summed E-state index contributed by atoms with van der Waals surface area (Å²) in [6.45, 7) is 2.50. The minimum atomic E-state index is -1.33. The molecule has 1 aromatic carbocycles. The molecule has 1 aromatic heterocycles. The van der Waals surface area contributed by atoms with Gasteiger partial charge in [0.2, 0.25) is 0 Å². The molecular weight excluding hydrogens is 398 g/mol. The second kappa shape index (κ2) is 7.72. The first kappa shape index (κ1) is 20.3. The number of rotatable bonds is 5. The minimum absolute atomic E-state index is 0.167. The van der Waals surface area contributed by atoms with Crippen LogP contribution in [-0.4, -0.2) is 58.0 Å². The van der Waals surface area contributed by atoms with Crippen LogP contribution < -0.4 is 5.32 Å². The van der Waals surface area contributed by atoms with Crippen LogP contribution in [0, 0.1) is 11.3 Å². The Balaban J connectivity index is 1.48. The van der Waals surface area contributed by atoms with Crippen molar-refractivity contribution in [3.8, 4) is 6.07 Å². The quantitative estimate of drug-likeness (QED) is 0.564. The third-order valence-electron chi connectivity index (χ3n) is 5.80. The van der Waals surface area contributed by atoms with E-state index >= 15 is 0 Å². The monoisotopic (exact) mass is 419 g/mol. The number of hydrogen-bond donors (Lipinski definition) is 2. The molecule has 2 N–H and O–H groups in total. The van der Waals surface area contributed by atoms with Gasteiger partial charge in [0.15, 0.2) is 5.78 Å². The summed E-state index contributed by atoms with van der Waals surface area (Å²) in [5, 5.41) is 11.6. The van der Waals surface area contributed by atoms with Crippen LogP contribution in [0.3, 0.4) is 0 Å². The number of hydrogen-bond acceptors (Lipinski definition) is 5. The van der Waals surface area contributed by atoms with Crippen LogP contribution in [0.5, 0.6) is 0 Å². The molecule has 0 bridgehead atoms. The first-order valence-corrected chi connectivity index (χ1v) is 9.99. The van der Waals surface area contributed by atoms with E-state index in [1.165, 1.54) is 12.3 Å². The third kappa shape index (κ3) is 3.57. The van der Waals surface area contributed by atoms with E-state index in [2.05, 4.69) is 10.3 Å². The van der Waals surface area contributed by atoms with Crippen molar-refractivity contribution < 1.29 is 19.2 Å². The summed E-state index contributed by atoms with van der Waals surface area (Å²) < 4.78 is 0. The molecule has 2 fully saturated rings. The first-order chi connectivity index (χ1) is 14.8. The number of imide groups is 1. The fourth-order valence-electron chi connectivity index (χ4n) is 3.92. The Morgan fingerprint density at radius 1 is 1.16 bits per heavy atom. The maximum absolute atomic E-state index is 13.0. The summed E-state index contributed by atoms with van der Waals surface area (Å²) in [6, 6.07) is 9.12. The number of aromatic amines is 1. The SMILES string of the molecule is CC1(c2ccc(C#N)cc2)NC(=O)N(CC(=O)c2c[nH]c(C(=O)N3CCCC3)c2)C1=O. The normalized spacial score (nSPS) is 20.6. The molecule has 2 aliphatic heterocycles. The second-order valence-electron chi connectivity index (χ2n) is 7.86. The van der Waals surface area contributed by atoms with Gasteiger partial charge in [-0.05, 0) is 43.5 Å². The number of amides is 4. The largest absolute Gasteiger partial charge is 0.356 e. The molecule has 2 aromatic rings. The lowest BCUT2D eigenvalue weighted by molar-refractivity contribution is -0.130. The van der Waals surface area contributed by atoms with Crippen molar-refractivity contribution in [1.82, 2.24) is 20.1 Å². The van der Waals surface area contributed by atoms with E-state index in [-0.39, 0.29) is 11.5 Å². The van der Waals surface area contributed by atoms with Crippen molar-refractivity contribution in [2.24, 2.45) is 0 Å². The molecule has 0 aliphatic carbocycles. The Hall–Kier alpha value is -3.93. The standard InChI is InChI=1S/C22H21N5O4/c1-22(16-6-4-14(11-23)5-7-16)20(30)27(21(31)25-22)13-18(28)15-10-17(24-12-15)19(29)26-8-2-3-9-26/h4-7,10,12,24H,2-3,8-9,13H2,1H3,(H,25,31). The van der Waals surface area contributed by atoms with Gasteiger partial charge in [0, 0.05) is 24.8 Å². The summed E-state index contributed by atoms with van der Waals surface area (Å²) >= 11 is 0. The van der Waals surface area contributed by atoms with Crippen LogP contribution in [0.15, 0.2) is 36.5 Å². The molecule has 2 aliphatic rings. The Morgan fingerprint density at radius 2 is 1.84 bits per heavy atom. The topological polar surface area (TPSA) is 126 Å². The smallest absolute Gasteiger partial charge is 0.325 e. The average molecular weight is 419 g/mol. The highest BCUT2D eigenvalue weighted by atomic mass is 16.2. The molecule has 3 heterocycles. The van der Waals surface area contributed by atoms with Gasteiger partial charge < -0.3 is 15.2 Å². The Labute approximate surface area is 178 Å². The van der Waals surface area contributed by atoms with E-state index in [0.717, 1.165) is 17.7 Å². The Kier molecular flexibility index (Phi) is 5.07. The van der Waals surface area contributed by atoms with Crippen LogP contribution >= 0.6 is 0 Å².